The van der Waals surface area contributed by atoms with Gasteiger partial charge in [0.05, 0.1) is 18.7 Å². The predicted molar refractivity (Wildman–Crippen MR) is 78.2 cm³/mol. The topological polar surface area (TPSA) is 76.4 Å². The number of nitrogens with zero attached hydrogens (tertiary/aromatic N) is 2. The first-order valence-electron chi connectivity index (χ1n) is 8.13. The van der Waals surface area contributed by atoms with Crippen LogP contribution in [0.25, 0.3) is 0 Å². The van der Waals surface area contributed by atoms with E-state index in [4.69, 9.17) is 5.26 Å². The molecule has 1 heterocycles. The second-order valence-corrected chi connectivity index (χ2v) is 7.34. The van der Waals surface area contributed by atoms with E-state index in [0.29, 0.717) is 24.9 Å². The summed E-state index contributed by atoms with van der Waals surface area (Å²) < 4.78 is 0. The van der Waals surface area contributed by atoms with Crippen molar-refractivity contribution in [1.82, 2.24) is 10.2 Å². The molecule has 0 spiro atoms. The van der Waals surface area contributed by atoms with Gasteiger partial charge in [-0.25, -0.2) is 0 Å². The van der Waals surface area contributed by atoms with Crippen molar-refractivity contribution in [2.24, 2.45) is 11.8 Å². The van der Waals surface area contributed by atoms with Crippen molar-refractivity contribution in [2.45, 2.75) is 63.1 Å². The molecule has 0 bridgehead atoms. The molecular formula is C16H25N3O2. The summed E-state index contributed by atoms with van der Waals surface area (Å²) in [5.74, 6) is 1.26. The summed E-state index contributed by atoms with van der Waals surface area (Å²) >= 11 is 0. The van der Waals surface area contributed by atoms with Crippen LogP contribution < -0.4 is 5.32 Å². The third-order valence-corrected chi connectivity index (χ3v) is 5.63. The minimum Gasteiger partial charge on any atom is -0.393 e. The fraction of sp³-hybridized carbons (Fsp3) is 0.875. The molecule has 1 saturated heterocycles. The number of rotatable bonds is 3. The molecule has 116 valence electrons. The average molecular weight is 291 g/mol. The minimum absolute atomic E-state index is 0.00694. The maximum Gasteiger partial charge on any atom is 0.237 e. The van der Waals surface area contributed by atoms with Gasteiger partial charge >= 0.3 is 0 Å². The Kier molecular flexibility index (Phi) is 3.94. The number of aliphatic hydroxyl groups is 1. The van der Waals surface area contributed by atoms with Gasteiger partial charge in [-0.2, -0.15) is 5.26 Å². The lowest BCUT2D eigenvalue weighted by atomic mass is 9.96. The Labute approximate surface area is 126 Å². The molecule has 0 aromatic rings. The number of hydrogen-bond acceptors (Lipinski definition) is 4. The number of amides is 1. The van der Waals surface area contributed by atoms with Crippen LogP contribution in [0.2, 0.25) is 0 Å². The first-order chi connectivity index (χ1) is 10.0. The minimum atomic E-state index is -0.231. The van der Waals surface area contributed by atoms with E-state index < -0.39 is 0 Å². The van der Waals surface area contributed by atoms with E-state index in [1.165, 1.54) is 0 Å². The van der Waals surface area contributed by atoms with E-state index in [9.17, 15) is 9.90 Å². The van der Waals surface area contributed by atoms with Crippen LogP contribution in [0.3, 0.4) is 0 Å². The van der Waals surface area contributed by atoms with Crippen molar-refractivity contribution >= 4 is 5.91 Å². The van der Waals surface area contributed by atoms with Crippen molar-refractivity contribution in [3.8, 4) is 6.07 Å². The molecule has 2 N–H and O–H groups in total. The molecule has 3 unspecified atom stereocenters. The molecule has 2 aliphatic carbocycles. The van der Waals surface area contributed by atoms with Crippen molar-refractivity contribution in [1.29, 1.82) is 5.26 Å². The second-order valence-electron chi connectivity index (χ2n) is 7.34. The Balaban J connectivity index is 1.51. The third kappa shape index (κ3) is 2.93. The molecule has 0 radical (unpaired) electrons. The van der Waals surface area contributed by atoms with Crippen molar-refractivity contribution in [2.75, 3.05) is 13.1 Å². The van der Waals surface area contributed by atoms with Gasteiger partial charge in [0.15, 0.2) is 0 Å². The highest BCUT2D eigenvalue weighted by atomic mass is 16.3. The van der Waals surface area contributed by atoms with Crippen LogP contribution in [0, 0.1) is 23.2 Å². The zero-order valence-corrected chi connectivity index (χ0v) is 12.7. The van der Waals surface area contributed by atoms with Crippen molar-refractivity contribution in [3.63, 3.8) is 0 Å². The molecule has 5 nitrogen and oxygen atoms in total. The van der Waals surface area contributed by atoms with Gasteiger partial charge in [0.25, 0.3) is 0 Å². The summed E-state index contributed by atoms with van der Waals surface area (Å²) in [7, 11) is 0. The Bertz CT molecular complexity index is 445. The number of fused-ring (bicyclic) bond motifs is 1. The molecule has 3 fully saturated rings. The molecule has 5 atom stereocenters. The highest BCUT2D eigenvalue weighted by Gasteiger charge is 2.46. The highest BCUT2D eigenvalue weighted by Crippen LogP contribution is 2.48. The monoisotopic (exact) mass is 291 g/mol. The zero-order chi connectivity index (χ0) is 15.0. The largest absolute Gasteiger partial charge is 0.393 e. The number of nitrogens with one attached hydrogen (secondary N) is 1. The lowest BCUT2D eigenvalue weighted by Gasteiger charge is -2.29. The fourth-order valence-corrected chi connectivity index (χ4v) is 4.66. The molecule has 21 heavy (non-hydrogen) atoms. The number of likely N-dealkylation sites (tertiary alicyclic amines) is 1. The van der Waals surface area contributed by atoms with Gasteiger partial charge < -0.3 is 15.3 Å². The molecule has 0 aromatic heterocycles. The third-order valence-electron chi connectivity index (χ3n) is 5.63. The maximum atomic E-state index is 12.3. The van der Waals surface area contributed by atoms with E-state index in [2.05, 4.69) is 18.3 Å². The lowest BCUT2D eigenvalue weighted by Crippen LogP contribution is -2.48. The lowest BCUT2D eigenvalue weighted by molar-refractivity contribution is -0.130. The first kappa shape index (κ1) is 14.8. The molecule has 3 aliphatic rings. The van der Waals surface area contributed by atoms with E-state index in [0.717, 1.165) is 38.5 Å². The highest BCUT2D eigenvalue weighted by molar-refractivity contribution is 5.79. The Morgan fingerprint density at radius 3 is 2.71 bits per heavy atom. The summed E-state index contributed by atoms with van der Waals surface area (Å²) in [4.78, 5) is 14.0. The van der Waals surface area contributed by atoms with E-state index in [1.54, 1.807) is 4.90 Å². The number of aliphatic hydroxyl groups excluding tert-OH is 1. The normalized spacial score (nSPS) is 42.0. The molecule has 1 amide bonds. The summed E-state index contributed by atoms with van der Waals surface area (Å²) in [6, 6.07) is 1.99. The van der Waals surface area contributed by atoms with Gasteiger partial charge in [-0.15, -0.1) is 0 Å². The Morgan fingerprint density at radius 2 is 2.10 bits per heavy atom. The SMILES string of the molecule is CC1(NCC(=O)N2CCCC2C#N)C[C@H]2CC(O)C[C@H]2C1. The van der Waals surface area contributed by atoms with Crippen LogP contribution >= 0.6 is 0 Å². The predicted octanol–water partition coefficient (Wildman–Crippen LogP) is 1.03. The number of carbonyl (C=O) groups excluding carboxylic acids is 1. The number of hydrogen-bond donors (Lipinski definition) is 2. The first-order valence-corrected chi connectivity index (χ1v) is 8.13. The summed E-state index contributed by atoms with van der Waals surface area (Å²) in [5.41, 5.74) is 0.00694. The van der Waals surface area contributed by atoms with E-state index in [-0.39, 0.29) is 23.6 Å². The smallest absolute Gasteiger partial charge is 0.237 e. The van der Waals surface area contributed by atoms with Crippen molar-refractivity contribution in [3.05, 3.63) is 0 Å². The second kappa shape index (κ2) is 5.58. The molecule has 2 saturated carbocycles. The summed E-state index contributed by atoms with van der Waals surface area (Å²) in [5, 5.41) is 22.2. The van der Waals surface area contributed by atoms with Crippen LogP contribution in [0.4, 0.5) is 0 Å². The van der Waals surface area contributed by atoms with Crippen LogP contribution in [0.15, 0.2) is 0 Å². The molecule has 0 aromatic carbocycles. The van der Waals surface area contributed by atoms with Gasteiger partial charge in [0.1, 0.15) is 6.04 Å². The summed E-state index contributed by atoms with van der Waals surface area (Å²) in [6.45, 7) is 3.24. The van der Waals surface area contributed by atoms with Gasteiger partial charge in [0, 0.05) is 12.1 Å². The zero-order valence-electron chi connectivity index (χ0n) is 12.7. The van der Waals surface area contributed by atoms with Crippen molar-refractivity contribution < 1.29 is 9.90 Å². The Morgan fingerprint density at radius 1 is 1.43 bits per heavy atom. The quantitative estimate of drug-likeness (QED) is 0.814. The van der Waals surface area contributed by atoms with Crippen LogP contribution in [0.5, 0.6) is 0 Å². The molecular weight excluding hydrogens is 266 g/mol. The van der Waals surface area contributed by atoms with Crippen LogP contribution in [0.1, 0.15) is 45.4 Å². The molecule has 1 aliphatic heterocycles. The average Bonchev–Trinajstić information content (AvgIpc) is 3.09. The maximum absolute atomic E-state index is 12.3. The van der Waals surface area contributed by atoms with E-state index >= 15 is 0 Å². The van der Waals surface area contributed by atoms with Crippen LogP contribution in [-0.2, 0) is 4.79 Å². The number of carbonyl (C=O) groups is 1. The Hall–Kier alpha value is -1.12. The van der Waals surface area contributed by atoms with Crippen LogP contribution in [-0.4, -0.2) is 46.7 Å². The van der Waals surface area contributed by atoms with Gasteiger partial charge in [-0.1, -0.05) is 0 Å². The summed E-state index contributed by atoms with van der Waals surface area (Å²) in [6.07, 6.45) is 5.54. The van der Waals surface area contributed by atoms with Gasteiger partial charge in [-0.3, -0.25) is 4.79 Å². The van der Waals surface area contributed by atoms with Gasteiger partial charge in [0.2, 0.25) is 5.91 Å². The number of nitriles is 1. The standard InChI is InChI=1S/C16H25N3O2/c1-16(7-11-5-14(20)6-12(11)8-16)18-10-15(21)19-4-2-3-13(19)9-17/h11-14,18,20H,2-8,10H2,1H3/t11-,12+,13?,14?,16?. The van der Waals surface area contributed by atoms with E-state index in [1.807, 2.05) is 0 Å². The fourth-order valence-electron chi connectivity index (χ4n) is 4.66. The van der Waals surface area contributed by atoms with Gasteiger partial charge in [-0.05, 0) is 57.3 Å². The molecule has 5 heteroatoms. The molecule has 3 rings (SSSR count).